The van der Waals surface area contributed by atoms with E-state index < -0.39 is 125 Å². The molecule has 5 aliphatic heterocycles. The van der Waals surface area contributed by atoms with Crippen LogP contribution in [0.2, 0.25) is 16.5 Å². The molecular weight excluding hydrogens is 1980 g/mol. The Kier molecular flexibility index (Phi) is 36.4. The summed E-state index contributed by atoms with van der Waals surface area (Å²) in [5.74, 6) is -9.35. The number of aliphatic hydroxyl groups is 1. The van der Waals surface area contributed by atoms with Gasteiger partial charge in [0.15, 0.2) is 34.8 Å². The van der Waals surface area contributed by atoms with E-state index in [1.165, 1.54) is 19.0 Å². The molecule has 6 aromatic carbocycles. The first kappa shape index (κ1) is 99.6. The fourth-order valence-electron chi connectivity index (χ4n) is 12.5. The van der Waals surface area contributed by atoms with Crippen molar-refractivity contribution in [3.05, 3.63) is 188 Å². The summed E-state index contributed by atoms with van der Waals surface area (Å²) in [4.78, 5) is 207. The fourth-order valence-corrected chi connectivity index (χ4v) is 14.7. The highest BCUT2D eigenvalue weighted by Gasteiger charge is 2.40. The van der Waals surface area contributed by atoms with Crippen LogP contribution >= 0.6 is 82.6 Å². The second kappa shape index (κ2) is 47.2. The number of ketones is 3. The molecule has 5 aliphatic rings. The molecule has 5 N–H and O–H groups in total. The average molecular weight is 2050 g/mol. The van der Waals surface area contributed by atoms with Crippen molar-refractivity contribution in [3.8, 4) is 0 Å². The lowest BCUT2D eigenvalue weighted by Gasteiger charge is -2.15. The Labute approximate surface area is 769 Å². The predicted octanol–water partition coefficient (Wildman–Crippen LogP) is 10.1. The van der Waals surface area contributed by atoms with Crippen LogP contribution in [0.15, 0.2) is 105 Å². The summed E-state index contributed by atoms with van der Waals surface area (Å²) in [5, 5.41) is 19.2. The molecule has 0 aliphatic carbocycles. The Morgan fingerprint density at radius 1 is 0.457 bits per heavy atom. The molecular formula is C80H73BBr3Cl3F4N13O25. The van der Waals surface area contributed by atoms with Crippen molar-refractivity contribution < 1.29 is 139 Å². The van der Waals surface area contributed by atoms with Crippen LogP contribution < -0.4 is 11.1 Å². The smallest absolute Gasteiger partial charge is 0.446 e. The number of aliphatic hydroxyl groups excluding tert-OH is 1. The number of hydrogen-bond acceptors (Lipinski definition) is 30. The summed E-state index contributed by atoms with van der Waals surface area (Å²) in [6.07, 6.45) is 0.940. The maximum absolute atomic E-state index is 15.5. The molecule has 0 atom stereocenters. The topological polar surface area (TPSA) is 486 Å². The monoisotopic (exact) mass is 2050 g/mol. The molecule has 0 saturated carbocycles. The molecule has 0 spiro atoms. The average Bonchev–Trinajstić information content (AvgIpc) is 1.61. The lowest BCUT2D eigenvalue weighted by atomic mass is 9.95. The van der Waals surface area contributed by atoms with E-state index >= 15 is 13.2 Å². The van der Waals surface area contributed by atoms with Gasteiger partial charge >= 0.3 is 25.9 Å². The molecule has 14 rings (SSSR count). The highest BCUT2D eigenvalue weighted by atomic mass is 79.9. The number of hydroxylamine groups is 6. The number of benzene rings is 6. The number of rotatable bonds is 26. The van der Waals surface area contributed by atoms with E-state index in [2.05, 4.69) is 78.1 Å². The van der Waals surface area contributed by atoms with Crippen LogP contribution in [-0.2, 0) is 122 Å². The summed E-state index contributed by atoms with van der Waals surface area (Å²) >= 11 is 28.9. The van der Waals surface area contributed by atoms with Crippen molar-refractivity contribution in [2.45, 2.75) is 83.5 Å². The lowest BCUT2D eigenvalue weighted by molar-refractivity contribution is -0.198. The Morgan fingerprint density at radius 3 is 0.984 bits per heavy atom. The molecule has 3 aromatic heterocycles. The molecule has 1 radical (unpaired) electrons. The van der Waals surface area contributed by atoms with Crippen LogP contribution in [0.3, 0.4) is 0 Å². The zero-order chi connectivity index (χ0) is 95.2. The lowest BCUT2D eigenvalue weighted by Crippen LogP contribution is -2.37. The second-order valence-electron chi connectivity index (χ2n) is 27.6. The fraction of sp³-hybridized carbons (Fsp3) is 0.312. The van der Waals surface area contributed by atoms with Crippen LogP contribution in [0.5, 0.6) is 0 Å². The van der Waals surface area contributed by atoms with Gasteiger partial charge in [-0.15, -0.1) is 4.48 Å². The number of carbonyl (C=O) groups is 16. The maximum atomic E-state index is 15.5. The Balaban J connectivity index is 0.000000190. The molecule has 9 aromatic rings. The highest BCUT2D eigenvalue weighted by Crippen LogP contribution is 2.35. The van der Waals surface area contributed by atoms with E-state index in [0.717, 1.165) is 13.4 Å². The van der Waals surface area contributed by atoms with Gasteiger partial charge in [0.05, 0.1) is 62.0 Å². The van der Waals surface area contributed by atoms with Gasteiger partial charge in [0.25, 0.3) is 35.4 Å². The summed E-state index contributed by atoms with van der Waals surface area (Å²) < 4.78 is 95.6. The third-order valence-electron chi connectivity index (χ3n) is 19.0. The summed E-state index contributed by atoms with van der Waals surface area (Å²) in [7, 11) is 5.61. The minimum atomic E-state index is -1.48. The number of aryl methyl sites for hydroxylation is 3. The van der Waals surface area contributed by atoms with Gasteiger partial charge in [0.2, 0.25) is 23.6 Å². The number of nitrogens with one attached hydrogen (secondary N) is 1. The van der Waals surface area contributed by atoms with Gasteiger partial charge in [-0.2, -0.15) is 25.1 Å². The Bertz CT molecular complexity index is 5650. The number of Topliss-reactive ketones (excluding diaryl/α,β-unsaturated/α-hetero) is 3. The number of ether oxygens (including phenoxy) is 5. The number of aromatic nitrogens is 6. The molecule has 38 nitrogen and oxygen atoms in total. The van der Waals surface area contributed by atoms with Gasteiger partial charge < -0.3 is 48.1 Å². The second-order valence-corrected chi connectivity index (χ2v) is 31.6. The van der Waals surface area contributed by atoms with Crippen molar-refractivity contribution >= 4 is 218 Å². The largest absolute Gasteiger partial charge is 0.560 e. The van der Waals surface area contributed by atoms with Crippen molar-refractivity contribution in [1.29, 1.82) is 0 Å². The number of halogens is 10. The van der Waals surface area contributed by atoms with Crippen LogP contribution in [0, 0.1) is 17.5 Å². The number of amides is 12. The summed E-state index contributed by atoms with van der Waals surface area (Å²) in [6.45, 7) is -2.12. The van der Waals surface area contributed by atoms with E-state index in [1.54, 1.807) is 102 Å². The molecule has 49 heteroatoms. The van der Waals surface area contributed by atoms with E-state index in [1.807, 2.05) is 6.07 Å². The predicted molar refractivity (Wildman–Crippen MR) is 452 cm³/mol. The Morgan fingerprint density at radius 2 is 0.729 bits per heavy atom. The number of carbonyl (C=O) groups excluding carboxylic acids is 16. The van der Waals surface area contributed by atoms with Crippen LogP contribution in [0.1, 0.15) is 129 Å². The van der Waals surface area contributed by atoms with Crippen molar-refractivity contribution in [2.24, 2.45) is 26.8 Å². The van der Waals surface area contributed by atoms with E-state index in [0.29, 0.717) is 65.7 Å². The van der Waals surface area contributed by atoms with E-state index in [4.69, 9.17) is 70.2 Å². The number of likely N-dealkylation sites (tertiary alicyclic amines) is 2. The molecule has 129 heavy (non-hydrogen) atoms. The third-order valence-corrected chi connectivity index (χ3v) is 21.5. The summed E-state index contributed by atoms with van der Waals surface area (Å²) in [5.41, 5.74) is 8.71. The Hall–Kier alpha value is -11.5. The van der Waals surface area contributed by atoms with E-state index in [9.17, 15) is 81.2 Å². The number of nitrogens with zero attached hydrogens (tertiary/aromatic N) is 11. The molecule has 0 bridgehead atoms. The first-order valence-electron chi connectivity index (χ1n) is 38.5. The van der Waals surface area contributed by atoms with Crippen LogP contribution in [-0.4, -0.2) is 226 Å². The number of fused-ring (bicyclic) bond motifs is 3. The number of nitrogens with two attached hydrogens (primary N) is 1. The summed E-state index contributed by atoms with van der Waals surface area (Å²) in [6, 6.07) is 20.4. The SMILES string of the molecule is Cn1cnc2c(F)c(Cc3ccc(Br)cc3Cl)c(C(=O)COCCO)cc21.Cn1cnc2c(F)c(Cc3ccc(Br)cc3Cl)c(C(=O)COCCOC(=O)N3C(=O)CCC3=O)cc21.Cn1cnc2c(F)c(Cc3ccc(Br)cc3Cl)c(C(=O)COCCOC(=O)N3C(=O)CCC3=O)cc21.O=C(ON1C(=O)CCC1=O)ON1C(=O)CCC1=O.O=C1CCC(=O)N1O.[2H]N(F)[B]N. The van der Waals surface area contributed by atoms with Gasteiger partial charge in [-0.25, -0.2) is 37.7 Å². The zero-order valence-corrected chi connectivity index (χ0v) is 74.8. The van der Waals surface area contributed by atoms with Crippen molar-refractivity contribution in [1.82, 2.24) is 59.1 Å². The normalized spacial score (nSPS) is 14.3. The molecule has 8 heterocycles. The quantitative estimate of drug-likeness (QED) is 0.00744. The highest BCUT2D eigenvalue weighted by molar-refractivity contribution is 9.11. The number of hydrogen-bond donors (Lipinski definition) is 4. The molecule has 12 amide bonds. The number of imide groups is 9. The molecule has 5 saturated heterocycles. The minimum Gasteiger partial charge on any atom is -0.446 e. The minimum absolute atomic E-state index is 0.0374. The first-order chi connectivity index (χ1) is 61.7. The standard InChI is InChI=1S/2C24H20BrClFN3O6.C19H17BrClFN2O3.C9H8N2O7.C4H5NO3.BFH3N2/c2*1-29-12-28-23-18(29)10-15(16(22(23)27)8-13-2-3-14(25)9-17(13)26)19(31)11-35-6-7-36-24(34)30-20(32)4-5-21(30)33;1-24-10-23-19-16(24)8-13(17(26)9-27-5-4-25)14(18(19)22)6-11-2-3-12(20)7-15(11)21;12-5-1-2-6(13)10(5)17-9(16)18-11-7(14)3-4-8(11)15;6-3-1-2-4(7)5(3)8;2-4-1-3/h2*2-3,9-10,12H,4-8,11H2,1H3;2-3,7-8,10,25H,4-6,9H2,1H3;1-4H2;8H,1-2H2;4H,3H2/i;;;;;4D. The van der Waals surface area contributed by atoms with Crippen molar-refractivity contribution in [3.63, 3.8) is 0 Å². The van der Waals surface area contributed by atoms with Crippen molar-refractivity contribution in [2.75, 3.05) is 59.5 Å². The molecule has 5 fully saturated rings. The third kappa shape index (κ3) is 26.2. The van der Waals surface area contributed by atoms with E-state index in [-0.39, 0.29) is 201 Å². The maximum Gasteiger partial charge on any atom is 0.560 e. The zero-order valence-electron chi connectivity index (χ0n) is 68.8. The van der Waals surface area contributed by atoms with Crippen LogP contribution in [0.4, 0.5) is 32.0 Å². The molecule has 681 valence electrons. The first-order valence-corrected chi connectivity index (χ1v) is 41.6. The van der Waals surface area contributed by atoms with Crippen LogP contribution in [0.25, 0.3) is 33.1 Å². The van der Waals surface area contributed by atoms with Gasteiger partial charge in [-0.1, -0.05) is 111 Å². The van der Waals surface area contributed by atoms with Gasteiger partial charge in [0.1, 0.15) is 51.0 Å². The van der Waals surface area contributed by atoms with Gasteiger partial charge in [-0.3, -0.25) is 77.2 Å². The number of imidazole rings is 3. The van der Waals surface area contributed by atoms with Gasteiger partial charge in [-0.05, 0) is 71.3 Å². The van der Waals surface area contributed by atoms with Gasteiger partial charge in [0, 0.05) is 166 Å². The molecule has 0 unspecified atom stereocenters.